The highest BCUT2D eigenvalue weighted by Gasteiger charge is 2.28. The average Bonchev–Trinajstić information content (AvgIpc) is 3.29. The maximum absolute atomic E-state index is 12.6. The SMILES string of the molecule is O=C(NC(c1ccccc1)c1cc2ccccc2o1)C1CCOC1. The highest BCUT2D eigenvalue weighted by molar-refractivity contribution is 5.81. The van der Waals surface area contributed by atoms with Crippen LogP contribution in [-0.4, -0.2) is 19.1 Å². The molecule has 24 heavy (non-hydrogen) atoms. The number of hydrogen-bond donors (Lipinski definition) is 1. The van der Waals surface area contributed by atoms with Crippen molar-refractivity contribution in [2.75, 3.05) is 13.2 Å². The van der Waals surface area contributed by atoms with Crippen molar-refractivity contribution >= 4 is 16.9 Å². The van der Waals surface area contributed by atoms with Gasteiger partial charge in [-0.05, 0) is 24.1 Å². The maximum atomic E-state index is 12.6. The summed E-state index contributed by atoms with van der Waals surface area (Å²) < 4.78 is 11.3. The van der Waals surface area contributed by atoms with E-state index in [2.05, 4.69) is 5.32 Å². The zero-order chi connectivity index (χ0) is 16.4. The number of fused-ring (bicyclic) bond motifs is 1. The van der Waals surface area contributed by atoms with Crippen LogP contribution < -0.4 is 5.32 Å². The van der Waals surface area contributed by atoms with Gasteiger partial charge in [-0.15, -0.1) is 0 Å². The zero-order valence-corrected chi connectivity index (χ0v) is 13.3. The van der Waals surface area contributed by atoms with Crippen molar-refractivity contribution in [1.29, 1.82) is 0 Å². The molecular weight excluding hydrogens is 302 g/mol. The summed E-state index contributed by atoms with van der Waals surface area (Å²) in [5, 5.41) is 4.17. The van der Waals surface area contributed by atoms with Gasteiger partial charge in [0, 0.05) is 12.0 Å². The molecule has 1 saturated heterocycles. The number of benzene rings is 2. The zero-order valence-electron chi connectivity index (χ0n) is 13.3. The first-order chi connectivity index (χ1) is 11.8. The van der Waals surface area contributed by atoms with E-state index in [0.29, 0.717) is 13.2 Å². The first-order valence-corrected chi connectivity index (χ1v) is 8.23. The first-order valence-electron chi connectivity index (χ1n) is 8.23. The minimum atomic E-state index is -0.299. The molecule has 4 rings (SSSR count). The number of carbonyl (C=O) groups is 1. The molecule has 3 aromatic rings. The second-order valence-corrected chi connectivity index (χ2v) is 6.10. The molecule has 0 spiro atoms. The van der Waals surface area contributed by atoms with E-state index in [1.54, 1.807) is 0 Å². The normalized spacial score (nSPS) is 18.6. The van der Waals surface area contributed by atoms with Gasteiger partial charge in [0.15, 0.2) is 0 Å². The third kappa shape index (κ3) is 2.93. The smallest absolute Gasteiger partial charge is 0.226 e. The number of para-hydroxylation sites is 1. The molecule has 1 aromatic heterocycles. The molecule has 0 bridgehead atoms. The van der Waals surface area contributed by atoms with Crippen LogP contribution in [0.4, 0.5) is 0 Å². The van der Waals surface area contributed by atoms with E-state index in [-0.39, 0.29) is 17.9 Å². The number of amides is 1. The molecule has 4 nitrogen and oxygen atoms in total. The molecule has 2 aromatic carbocycles. The lowest BCUT2D eigenvalue weighted by Crippen LogP contribution is -2.34. The predicted octanol–water partition coefficient (Wildman–Crippen LogP) is 3.67. The van der Waals surface area contributed by atoms with Gasteiger partial charge >= 0.3 is 0 Å². The van der Waals surface area contributed by atoms with E-state index in [4.69, 9.17) is 9.15 Å². The number of rotatable bonds is 4. The molecule has 1 N–H and O–H groups in total. The van der Waals surface area contributed by atoms with Crippen LogP contribution in [0.15, 0.2) is 65.1 Å². The van der Waals surface area contributed by atoms with Crippen molar-refractivity contribution in [3.05, 3.63) is 72.0 Å². The largest absolute Gasteiger partial charge is 0.459 e. The number of nitrogens with one attached hydrogen (secondary N) is 1. The van der Waals surface area contributed by atoms with Crippen LogP contribution >= 0.6 is 0 Å². The fourth-order valence-electron chi connectivity index (χ4n) is 3.11. The first kappa shape index (κ1) is 15.0. The highest BCUT2D eigenvalue weighted by atomic mass is 16.5. The van der Waals surface area contributed by atoms with Crippen LogP contribution in [0.2, 0.25) is 0 Å². The molecular formula is C20H19NO3. The van der Waals surface area contributed by atoms with Gasteiger partial charge in [0.2, 0.25) is 5.91 Å². The molecule has 2 unspecified atom stereocenters. The molecule has 1 aliphatic rings. The van der Waals surface area contributed by atoms with Crippen LogP contribution in [0.5, 0.6) is 0 Å². The Morgan fingerprint density at radius 1 is 1.08 bits per heavy atom. The van der Waals surface area contributed by atoms with E-state index in [0.717, 1.165) is 28.7 Å². The lowest BCUT2D eigenvalue weighted by Gasteiger charge is -2.19. The second kappa shape index (κ2) is 6.49. The Labute approximate surface area is 140 Å². The summed E-state index contributed by atoms with van der Waals surface area (Å²) in [6, 6.07) is 19.5. The Hall–Kier alpha value is -2.59. The molecule has 4 heteroatoms. The molecule has 1 fully saturated rings. The maximum Gasteiger partial charge on any atom is 0.226 e. The monoisotopic (exact) mass is 321 g/mol. The quantitative estimate of drug-likeness (QED) is 0.797. The Kier molecular flexibility index (Phi) is 4.05. The van der Waals surface area contributed by atoms with E-state index in [1.165, 1.54) is 0 Å². The van der Waals surface area contributed by atoms with Gasteiger partial charge in [-0.3, -0.25) is 4.79 Å². The summed E-state index contributed by atoms with van der Waals surface area (Å²) in [7, 11) is 0. The van der Waals surface area contributed by atoms with Crippen LogP contribution in [0.3, 0.4) is 0 Å². The fourth-order valence-corrected chi connectivity index (χ4v) is 3.11. The Bertz CT molecular complexity index is 801. The molecule has 0 aliphatic carbocycles. The van der Waals surface area contributed by atoms with Crippen LogP contribution in [0.25, 0.3) is 11.0 Å². The Balaban J connectivity index is 1.68. The second-order valence-electron chi connectivity index (χ2n) is 6.10. The van der Waals surface area contributed by atoms with E-state index in [1.807, 2.05) is 60.7 Å². The summed E-state index contributed by atoms with van der Waals surface area (Å²) >= 11 is 0. The number of carbonyl (C=O) groups excluding carboxylic acids is 1. The lowest BCUT2D eigenvalue weighted by molar-refractivity contribution is -0.125. The van der Waals surface area contributed by atoms with Gasteiger partial charge in [0.1, 0.15) is 17.4 Å². The van der Waals surface area contributed by atoms with Gasteiger partial charge in [-0.1, -0.05) is 48.5 Å². The van der Waals surface area contributed by atoms with Crippen molar-refractivity contribution in [1.82, 2.24) is 5.32 Å². The molecule has 2 heterocycles. The van der Waals surface area contributed by atoms with E-state index < -0.39 is 0 Å². The van der Waals surface area contributed by atoms with Crippen LogP contribution in [0.1, 0.15) is 23.8 Å². The van der Waals surface area contributed by atoms with Crippen molar-refractivity contribution in [2.45, 2.75) is 12.5 Å². The summed E-state index contributed by atoms with van der Waals surface area (Å²) in [5.41, 5.74) is 1.83. The van der Waals surface area contributed by atoms with E-state index in [9.17, 15) is 4.79 Å². The van der Waals surface area contributed by atoms with Crippen molar-refractivity contribution in [3.63, 3.8) is 0 Å². The molecule has 0 saturated carbocycles. The summed E-state index contributed by atoms with van der Waals surface area (Å²) in [6.07, 6.45) is 0.771. The van der Waals surface area contributed by atoms with Crippen LogP contribution in [-0.2, 0) is 9.53 Å². The number of hydrogen-bond acceptors (Lipinski definition) is 3. The topological polar surface area (TPSA) is 51.5 Å². The molecule has 2 atom stereocenters. The molecule has 1 aliphatic heterocycles. The predicted molar refractivity (Wildman–Crippen MR) is 91.6 cm³/mol. The number of ether oxygens (including phenoxy) is 1. The summed E-state index contributed by atoms with van der Waals surface area (Å²) in [4.78, 5) is 12.6. The van der Waals surface area contributed by atoms with Crippen LogP contribution in [0, 0.1) is 5.92 Å². The standard InChI is InChI=1S/C20H19NO3/c22-20(16-10-11-23-13-16)21-19(14-6-2-1-3-7-14)18-12-15-8-4-5-9-17(15)24-18/h1-9,12,16,19H,10-11,13H2,(H,21,22). The van der Waals surface area contributed by atoms with Crippen molar-refractivity contribution in [2.24, 2.45) is 5.92 Å². The lowest BCUT2D eigenvalue weighted by atomic mass is 10.0. The average molecular weight is 321 g/mol. The minimum Gasteiger partial charge on any atom is -0.459 e. The highest BCUT2D eigenvalue weighted by Crippen LogP contribution is 2.29. The number of furan rings is 1. The Morgan fingerprint density at radius 3 is 2.62 bits per heavy atom. The van der Waals surface area contributed by atoms with Gasteiger partial charge < -0.3 is 14.5 Å². The van der Waals surface area contributed by atoms with E-state index >= 15 is 0 Å². The van der Waals surface area contributed by atoms with Gasteiger partial charge in [-0.2, -0.15) is 0 Å². The van der Waals surface area contributed by atoms with Crippen molar-refractivity contribution < 1.29 is 13.9 Å². The van der Waals surface area contributed by atoms with Gasteiger partial charge in [-0.25, -0.2) is 0 Å². The molecule has 1 amide bonds. The molecule has 0 radical (unpaired) electrons. The summed E-state index contributed by atoms with van der Waals surface area (Å²) in [5.74, 6) is 0.678. The van der Waals surface area contributed by atoms with Crippen molar-refractivity contribution in [3.8, 4) is 0 Å². The third-order valence-electron chi connectivity index (χ3n) is 4.45. The fraction of sp³-hybridized carbons (Fsp3) is 0.250. The van der Waals surface area contributed by atoms with Gasteiger partial charge in [0.25, 0.3) is 0 Å². The van der Waals surface area contributed by atoms with Gasteiger partial charge in [0.05, 0.1) is 12.5 Å². The third-order valence-corrected chi connectivity index (χ3v) is 4.45. The Morgan fingerprint density at radius 2 is 1.88 bits per heavy atom. The minimum absolute atomic E-state index is 0.0156. The molecule has 122 valence electrons. The summed E-state index contributed by atoms with van der Waals surface area (Å²) in [6.45, 7) is 1.15.